The van der Waals surface area contributed by atoms with Crippen LogP contribution in [0.15, 0.2) is 46.4 Å². The highest BCUT2D eigenvalue weighted by Crippen LogP contribution is 2.50. The topological polar surface area (TPSA) is 119 Å². The molecule has 28 heavy (non-hydrogen) atoms. The lowest BCUT2D eigenvalue weighted by Crippen LogP contribution is -2.28. The first-order valence-electron chi connectivity index (χ1n) is 9.46. The highest BCUT2D eigenvalue weighted by atomic mass is 16.5. The first-order chi connectivity index (χ1) is 13.6. The summed E-state index contributed by atoms with van der Waals surface area (Å²) in [6.45, 7) is 2.18. The Hall–Kier alpha value is -3.29. The van der Waals surface area contributed by atoms with Gasteiger partial charge in [0, 0.05) is 25.0 Å². The Morgan fingerprint density at radius 2 is 2.11 bits per heavy atom. The zero-order valence-corrected chi connectivity index (χ0v) is 15.6. The van der Waals surface area contributed by atoms with Crippen LogP contribution in [0.3, 0.4) is 0 Å². The molecule has 0 bridgehead atoms. The summed E-state index contributed by atoms with van der Waals surface area (Å²) in [4.78, 5) is 13.6. The van der Waals surface area contributed by atoms with Gasteiger partial charge in [-0.05, 0) is 49.3 Å². The fourth-order valence-electron chi connectivity index (χ4n) is 3.77. The molecule has 5 rings (SSSR count). The third-order valence-electron chi connectivity index (χ3n) is 5.76. The molecule has 142 valence electrons. The fraction of sp³-hybridized carbons (Fsp3) is 0.350. The van der Waals surface area contributed by atoms with Crippen molar-refractivity contribution >= 4 is 11.4 Å². The summed E-state index contributed by atoms with van der Waals surface area (Å²) in [7, 11) is 0. The van der Waals surface area contributed by atoms with Crippen LogP contribution < -0.4 is 5.73 Å². The molecule has 4 heterocycles. The van der Waals surface area contributed by atoms with Crippen LogP contribution in [-0.2, 0) is 5.41 Å². The van der Waals surface area contributed by atoms with Gasteiger partial charge in [-0.1, -0.05) is 11.2 Å². The van der Waals surface area contributed by atoms with E-state index in [1.165, 1.54) is 0 Å². The minimum Gasteiger partial charge on any atom is -0.387 e. The Kier molecular flexibility index (Phi) is 3.85. The summed E-state index contributed by atoms with van der Waals surface area (Å²) in [6.07, 6.45) is 11.1. The van der Waals surface area contributed by atoms with Crippen LogP contribution in [0.1, 0.15) is 49.7 Å². The quantitative estimate of drug-likeness (QED) is 0.707. The van der Waals surface area contributed by atoms with Crippen molar-refractivity contribution in [2.24, 2.45) is 16.6 Å². The third-order valence-corrected chi connectivity index (χ3v) is 5.76. The van der Waals surface area contributed by atoms with Gasteiger partial charge in [-0.2, -0.15) is 10.1 Å². The molecule has 0 amide bonds. The van der Waals surface area contributed by atoms with Gasteiger partial charge in [-0.15, -0.1) is 0 Å². The van der Waals surface area contributed by atoms with Crippen molar-refractivity contribution in [1.82, 2.24) is 25.3 Å². The van der Waals surface area contributed by atoms with Gasteiger partial charge in [0.05, 0.1) is 28.7 Å². The van der Waals surface area contributed by atoms with E-state index >= 15 is 0 Å². The van der Waals surface area contributed by atoms with E-state index in [-0.39, 0.29) is 5.41 Å². The molecule has 1 fully saturated rings. The third kappa shape index (κ3) is 2.81. The van der Waals surface area contributed by atoms with Crippen molar-refractivity contribution in [3.05, 3.63) is 54.0 Å². The maximum atomic E-state index is 5.75. The van der Waals surface area contributed by atoms with Crippen molar-refractivity contribution in [3.8, 4) is 11.5 Å². The van der Waals surface area contributed by atoms with Gasteiger partial charge >= 0.3 is 0 Å². The molecule has 3 aromatic heterocycles. The first kappa shape index (κ1) is 16.9. The minimum absolute atomic E-state index is 0.333. The molecule has 0 spiro atoms. The maximum Gasteiger partial charge on any atom is 0.261 e. The number of rotatable bonds is 5. The molecule has 8 nitrogen and oxygen atoms in total. The largest absolute Gasteiger partial charge is 0.387 e. The van der Waals surface area contributed by atoms with E-state index in [2.05, 4.69) is 44.4 Å². The van der Waals surface area contributed by atoms with Crippen LogP contribution in [0.25, 0.3) is 17.0 Å². The number of H-pyrrole nitrogens is 1. The molecule has 1 aliphatic carbocycles. The molecule has 0 aromatic carbocycles. The number of nitrogens with one attached hydrogen (secondary N) is 1. The highest BCUT2D eigenvalue weighted by molar-refractivity contribution is 5.85. The Morgan fingerprint density at radius 1 is 1.21 bits per heavy atom. The number of aromatic nitrogens is 5. The molecule has 0 saturated heterocycles. The van der Waals surface area contributed by atoms with Gasteiger partial charge in [0.1, 0.15) is 0 Å². The lowest BCUT2D eigenvalue weighted by Gasteiger charge is -2.26. The number of amidine groups is 1. The average Bonchev–Trinajstić information content (AvgIpc) is 3.23. The second-order valence-electron chi connectivity index (χ2n) is 7.59. The smallest absolute Gasteiger partial charge is 0.261 e. The molecule has 2 aliphatic rings. The van der Waals surface area contributed by atoms with E-state index < -0.39 is 0 Å². The molecule has 0 radical (unpaired) electrons. The number of hydrogen-bond acceptors (Lipinski definition) is 7. The molecule has 1 saturated carbocycles. The number of nitrogens with zero attached hydrogens (tertiary/aromatic N) is 5. The summed E-state index contributed by atoms with van der Waals surface area (Å²) in [6, 6.07) is 4.17. The van der Waals surface area contributed by atoms with Crippen molar-refractivity contribution in [1.29, 1.82) is 0 Å². The molecule has 3 aromatic rings. The number of pyridine rings is 1. The monoisotopic (exact) mass is 375 g/mol. The van der Waals surface area contributed by atoms with Crippen LogP contribution in [0.4, 0.5) is 0 Å². The van der Waals surface area contributed by atoms with Crippen LogP contribution >= 0.6 is 0 Å². The van der Waals surface area contributed by atoms with Gasteiger partial charge in [0.15, 0.2) is 5.82 Å². The standard InChI is InChI=1S/C20H21N7O/c1-20(14-3-4-14,19-26-18(28-27-19)13-9-24-25-10-13)15-5-6-16(22-11-15)12-2-7-17(21)23-8-12/h5-6,8-11,14H,2-4,7H2,1H3,(H2,21,23)(H,24,25). The predicted octanol–water partition coefficient (Wildman–Crippen LogP) is 3.06. The van der Waals surface area contributed by atoms with Gasteiger partial charge in [-0.3, -0.25) is 10.1 Å². The summed E-state index contributed by atoms with van der Waals surface area (Å²) in [5.41, 5.74) is 9.35. The Labute approximate surface area is 162 Å². The fourth-order valence-corrected chi connectivity index (χ4v) is 3.77. The van der Waals surface area contributed by atoms with Crippen molar-refractivity contribution in [2.45, 2.75) is 38.0 Å². The Bertz CT molecular complexity index is 1040. The van der Waals surface area contributed by atoms with Crippen LogP contribution in [0.2, 0.25) is 0 Å². The summed E-state index contributed by atoms with van der Waals surface area (Å²) >= 11 is 0. The van der Waals surface area contributed by atoms with Crippen molar-refractivity contribution in [3.63, 3.8) is 0 Å². The predicted molar refractivity (Wildman–Crippen MR) is 104 cm³/mol. The van der Waals surface area contributed by atoms with E-state index in [4.69, 9.17) is 15.2 Å². The molecular weight excluding hydrogens is 354 g/mol. The van der Waals surface area contributed by atoms with E-state index in [1.807, 2.05) is 12.4 Å². The van der Waals surface area contributed by atoms with Gasteiger partial charge in [0.25, 0.3) is 5.89 Å². The van der Waals surface area contributed by atoms with Crippen molar-refractivity contribution in [2.75, 3.05) is 0 Å². The second-order valence-corrected chi connectivity index (χ2v) is 7.59. The van der Waals surface area contributed by atoms with E-state index in [9.17, 15) is 0 Å². The van der Waals surface area contributed by atoms with E-state index in [0.29, 0.717) is 23.5 Å². The first-order valence-corrected chi connectivity index (χ1v) is 9.46. The van der Waals surface area contributed by atoms with E-state index in [0.717, 1.165) is 48.1 Å². The summed E-state index contributed by atoms with van der Waals surface area (Å²) in [5, 5.41) is 11.0. The molecule has 1 unspecified atom stereocenters. The number of allylic oxidation sites excluding steroid dienone is 1. The SMILES string of the molecule is CC(c1ccc(C2=CN=C(N)CC2)nc1)(c1noc(-c2cn[nH]c2)n1)C1CC1. The normalized spacial score (nSPS) is 19.0. The summed E-state index contributed by atoms with van der Waals surface area (Å²) in [5.74, 6) is 2.32. The molecule has 3 N–H and O–H groups in total. The van der Waals surface area contributed by atoms with Crippen LogP contribution in [-0.4, -0.2) is 31.2 Å². The van der Waals surface area contributed by atoms with Crippen LogP contribution in [0.5, 0.6) is 0 Å². The number of nitrogens with two attached hydrogens (primary N) is 1. The second kappa shape index (κ2) is 6.40. The molecular formula is C20H21N7O. The highest BCUT2D eigenvalue weighted by Gasteiger charge is 2.47. The van der Waals surface area contributed by atoms with Gasteiger partial charge in [-0.25, -0.2) is 4.99 Å². The maximum absolute atomic E-state index is 5.75. The average molecular weight is 375 g/mol. The lowest BCUT2D eigenvalue weighted by molar-refractivity contribution is 0.386. The zero-order valence-electron chi connectivity index (χ0n) is 15.6. The minimum atomic E-state index is -0.333. The Morgan fingerprint density at radius 3 is 2.75 bits per heavy atom. The lowest BCUT2D eigenvalue weighted by atomic mass is 9.77. The number of aromatic amines is 1. The molecule has 8 heteroatoms. The van der Waals surface area contributed by atoms with E-state index in [1.54, 1.807) is 12.4 Å². The molecule has 1 aliphatic heterocycles. The Balaban J connectivity index is 1.48. The van der Waals surface area contributed by atoms with Crippen molar-refractivity contribution < 1.29 is 4.52 Å². The van der Waals surface area contributed by atoms with Crippen LogP contribution in [0, 0.1) is 5.92 Å². The van der Waals surface area contributed by atoms with Gasteiger partial charge in [0.2, 0.25) is 0 Å². The number of aliphatic imine (C=N–C) groups is 1. The number of hydrogen-bond donors (Lipinski definition) is 2. The summed E-state index contributed by atoms with van der Waals surface area (Å²) < 4.78 is 5.51. The van der Waals surface area contributed by atoms with Gasteiger partial charge < -0.3 is 10.3 Å². The molecule has 1 atom stereocenters. The zero-order chi connectivity index (χ0) is 19.1.